The third kappa shape index (κ3) is 5.74. The molecule has 0 saturated carbocycles. The van der Waals surface area contributed by atoms with Crippen molar-refractivity contribution in [2.75, 3.05) is 6.54 Å². The van der Waals surface area contributed by atoms with Crippen LogP contribution in [0.2, 0.25) is 0 Å². The van der Waals surface area contributed by atoms with E-state index >= 15 is 0 Å². The Hall–Kier alpha value is -2.36. The van der Waals surface area contributed by atoms with Crippen LogP contribution in [0.3, 0.4) is 0 Å². The van der Waals surface area contributed by atoms with Gasteiger partial charge in [-0.2, -0.15) is 0 Å². The van der Waals surface area contributed by atoms with Crippen LogP contribution in [0.15, 0.2) is 48.5 Å². The van der Waals surface area contributed by atoms with Crippen molar-refractivity contribution in [1.82, 2.24) is 5.32 Å². The lowest BCUT2D eigenvalue weighted by molar-refractivity contribution is -0.127. The van der Waals surface area contributed by atoms with E-state index in [4.69, 9.17) is 4.74 Å². The molecular weight excluding hydrogens is 293 g/mol. The molecule has 0 spiro atoms. The van der Waals surface area contributed by atoms with E-state index < -0.39 is 6.10 Å². The lowest BCUT2D eigenvalue weighted by atomic mass is 10.1. The van der Waals surface area contributed by atoms with Gasteiger partial charge in [0.25, 0.3) is 5.91 Å². The highest BCUT2D eigenvalue weighted by Gasteiger charge is 2.13. The maximum atomic E-state index is 12.8. The summed E-state index contributed by atoms with van der Waals surface area (Å²) < 4.78 is 18.4. The molecule has 4 heteroatoms. The number of carbonyl (C=O) groups excluding carboxylic acids is 1. The van der Waals surface area contributed by atoms with Gasteiger partial charge < -0.3 is 10.1 Å². The van der Waals surface area contributed by atoms with Crippen LogP contribution in [0.5, 0.6) is 5.75 Å². The fraction of sp³-hybridized carbons (Fsp3) is 0.316. The van der Waals surface area contributed by atoms with E-state index in [2.05, 4.69) is 5.32 Å². The molecule has 122 valence electrons. The van der Waals surface area contributed by atoms with Gasteiger partial charge in [0.1, 0.15) is 11.6 Å². The van der Waals surface area contributed by atoms with E-state index in [1.165, 1.54) is 12.1 Å². The number of nitrogens with one attached hydrogen (secondary N) is 1. The van der Waals surface area contributed by atoms with E-state index in [-0.39, 0.29) is 11.7 Å². The number of benzene rings is 2. The van der Waals surface area contributed by atoms with Gasteiger partial charge in [0.2, 0.25) is 0 Å². The van der Waals surface area contributed by atoms with Crippen molar-refractivity contribution in [2.24, 2.45) is 0 Å². The highest BCUT2D eigenvalue weighted by Crippen LogP contribution is 2.13. The highest BCUT2D eigenvalue weighted by atomic mass is 19.1. The molecule has 0 heterocycles. The van der Waals surface area contributed by atoms with Crippen molar-refractivity contribution in [2.45, 2.75) is 32.8 Å². The normalized spacial score (nSPS) is 11.8. The van der Waals surface area contributed by atoms with E-state index in [1.807, 2.05) is 31.2 Å². The van der Waals surface area contributed by atoms with E-state index in [0.717, 1.165) is 24.0 Å². The second kappa shape index (κ2) is 8.32. The summed E-state index contributed by atoms with van der Waals surface area (Å²) in [6, 6.07) is 14.0. The summed E-state index contributed by atoms with van der Waals surface area (Å²) in [5.74, 6) is 0.318. The van der Waals surface area contributed by atoms with Gasteiger partial charge in [0.05, 0.1) is 0 Å². The number of halogens is 1. The van der Waals surface area contributed by atoms with Crippen LogP contribution in [-0.2, 0) is 11.2 Å². The first-order valence-electron chi connectivity index (χ1n) is 7.80. The van der Waals surface area contributed by atoms with Crippen LogP contribution in [-0.4, -0.2) is 18.6 Å². The van der Waals surface area contributed by atoms with Crippen LogP contribution in [0.4, 0.5) is 4.39 Å². The molecule has 0 bridgehead atoms. The van der Waals surface area contributed by atoms with Gasteiger partial charge in [-0.1, -0.05) is 29.8 Å². The Kier molecular flexibility index (Phi) is 6.15. The van der Waals surface area contributed by atoms with Crippen molar-refractivity contribution in [3.05, 3.63) is 65.5 Å². The number of hydrogen-bond acceptors (Lipinski definition) is 2. The van der Waals surface area contributed by atoms with Crippen molar-refractivity contribution < 1.29 is 13.9 Å². The summed E-state index contributed by atoms with van der Waals surface area (Å²) in [6.45, 7) is 4.30. The quantitative estimate of drug-likeness (QED) is 0.792. The lowest BCUT2D eigenvalue weighted by Gasteiger charge is -2.14. The van der Waals surface area contributed by atoms with Crippen LogP contribution < -0.4 is 10.1 Å². The van der Waals surface area contributed by atoms with Gasteiger partial charge in [-0.25, -0.2) is 4.39 Å². The molecule has 2 aromatic carbocycles. The van der Waals surface area contributed by atoms with Gasteiger partial charge in [0.15, 0.2) is 6.10 Å². The van der Waals surface area contributed by atoms with Gasteiger partial charge in [0, 0.05) is 6.54 Å². The number of rotatable bonds is 7. The number of ether oxygens (including phenoxy) is 1. The molecule has 1 amide bonds. The summed E-state index contributed by atoms with van der Waals surface area (Å²) in [6.07, 6.45) is 1.06. The topological polar surface area (TPSA) is 38.3 Å². The largest absolute Gasteiger partial charge is 0.481 e. The Morgan fingerprint density at radius 3 is 2.43 bits per heavy atom. The van der Waals surface area contributed by atoms with Gasteiger partial charge >= 0.3 is 0 Å². The second-order valence-electron chi connectivity index (χ2n) is 5.59. The number of hydrogen-bond donors (Lipinski definition) is 1. The van der Waals surface area contributed by atoms with Gasteiger partial charge in [-0.05, 0) is 56.5 Å². The molecule has 0 saturated heterocycles. The fourth-order valence-corrected chi connectivity index (χ4v) is 2.17. The SMILES string of the molecule is Cc1ccc(O[C@H](C)C(=O)NCCCc2ccc(F)cc2)cc1. The minimum Gasteiger partial charge on any atom is -0.481 e. The molecule has 0 fully saturated rings. The van der Waals surface area contributed by atoms with Crippen molar-refractivity contribution in [3.8, 4) is 5.75 Å². The molecule has 0 aromatic heterocycles. The van der Waals surface area contributed by atoms with Crippen LogP contribution >= 0.6 is 0 Å². The van der Waals surface area contributed by atoms with Gasteiger partial charge in [-0.15, -0.1) is 0 Å². The molecule has 2 rings (SSSR count). The predicted molar refractivity (Wildman–Crippen MR) is 89.0 cm³/mol. The predicted octanol–water partition coefficient (Wildman–Crippen LogP) is 3.65. The molecule has 1 N–H and O–H groups in total. The van der Waals surface area contributed by atoms with E-state index in [0.29, 0.717) is 12.3 Å². The molecule has 1 atom stereocenters. The van der Waals surface area contributed by atoms with Gasteiger partial charge in [-0.3, -0.25) is 4.79 Å². The molecule has 2 aromatic rings. The Labute approximate surface area is 136 Å². The second-order valence-corrected chi connectivity index (χ2v) is 5.59. The summed E-state index contributed by atoms with van der Waals surface area (Å²) in [5, 5.41) is 2.86. The smallest absolute Gasteiger partial charge is 0.260 e. The molecular formula is C19H22FNO2. The highest BCUT2D eigenvalue weighted by molar-refractivity contribution is 5.80. The summed E-state index contributed by atoms with van der Waals surface area (Å²) >= 11 is 0. The van der Waals surface area contributed by atoms with E-state index in [1.54, 1.807) is 19.1 Å². The molecule has 3 nitrogen and oxygen atoms in total. The third-order valence-electron chi connectivity index (χ3n) is 3.56. The molecule has 0 unspecified atom stereocenters. The molecule has 0 aliphatic heterocycles. The van der Waals surface area contributed by atoms with Crippen LogP contribution in [0.25, 0.3) is 0 Å². The average Bonchev–Trinajstić information content (AvgIpc) is 2.55. The number of carbonyl (C=O) groups is 1. The molecule has 0 radical (unpaired) electrons. The summed E-state index contributed by atoms with van der Waals surface area (Å²) in [7, 11) is 0. The molecule has 23 heavy (non-hydrogen) atoms. The Bertz CT molecular complexity index is 623. The zero-order valence-electron chi connectivity index (χ0n) is 13.5. The zero-order valence-corrected chi connectivity index (χ0v) is 13.5. The summed E-state index contributed by atoms with van der Waals surface area (Å²) in [5.41, 5.74) is 2.21. The minimum absolute atomic E-state index is 0.135. The number of aryl methyl sites for hydroxylation is 2. The van der Waals surface area contributed by atoms with E-state index in [9.17, 15) is 9.18 Å². The zero-order chi connectivity index (χ0) is 16.7. The lowest BCUT2D eigenvalue weighted by Crippen LogP contribution is -2.36. The van der Waals surface area contributed by atoms with Crippen molar-refractivity contribution in [1.29, 1.82) is 0 Å². The fourth-order valence-electron chi connectivity index (χ4n) is 2.17. The molecule has 0 aliphatic carbocycles. The first-order chi connectivity index (χ1) is 11.0. The van der Waals surface area contributed by atoms with Crippen LogP contribution in [0.1, 0.15) is 24.5 Å². The Morgan fingerprint density at radius 2 is 1.78 bits per heavy atom. The Morgan fingerprint density at radius 1 is 1.13 bits per heavy atom. The minimum atomic E-state index is -0.538. The van der Waals surface area contributed by atoms with Crippen molar-refractivity contribution >= 4 is 5.91 Å². The van der Waals surface area contributed by atoms with Crippen molar-refractivity contribution in [3.63, 3.8) is 0 Å². The third-order valence-corrected chi connectivity index (χ3v) is 3.56. The maximum absolute atomic E-state index is 12.8. The molecule has 0 aliphatic rings. The van der Waals surface area contributed by atoms with Crippen LogP contribution in [0, 0.1) is 12.7 Å². The Balaban J connectivity index is 1.69. The summed E-state index contributed by atoms with van der Waals surface area (Å²) in [4.78, 5) is 12.0. The maximum Gasteiger partial charge on any atom is 0.260 e. The standard InChI is InChI=1S/C19H22FNO2/c1-14-5-11-18(12-6-14)23-15(2)19(22)21-13-3-4-16-7-9-17(20)10-8-16/h5-12,15H,3-4,13H2,1-2H3,(H,21,22)/t15-/m1/s1. The first kappa shape index (κ1) is 17.0. The monoisotopic (exact) mass is 315 g/mol. The first-order valence-corrected chi connectivity index (χ1v) is 7.80. The number of amides is 1. The average molecular weight is 315 g/mol.